The van der Waals surface area contributed by atoms with Crippen molar-refractivity contribution in [2.24, 2.45) is 0 Å². The van der Waals surface area contributed by atoms with Gasteiger partial charge < -0.3 is 10.5 Å². The van der Waals surface area contributed by atoms with Gasteiger partial charge in [0, 0.05) is 12.6 Å². The summed E-state index contributed by atoms with van der Waals surface area (Å²) >= 11 is 0. The van der Waals surface area contributed by atoms with Gasteiger partial charge >= 0.3 is 0 Å². The third-order valence-electron chi connectivity index (χ3n) is 3.01. The van der Waals surface area contributed by atoms with Gasteiger partial charge in [0.1, 0.15) is 5.69 Å². The summed E-state index contributed by atoms with van der Waals surface area (Å²) in [7, 11) is -3.87. The van der Waals surface area contributed by atoms with Crippen LogP contribution in [-0.4, -0.2) is 43.4 Å². The highest BCUT2D eigenvalue weighted by Crippen LogP contribution is 2.27. The largest absolute Gasteiger partial charge is 0.393 e. The molecule has 9 nitrogen and oxygen atoms in total. The summed E-state index contributed by atoms with van der Waals surface area (Å²) in [4.78, 5) is 9.84. The van der Waals surface area contributed by atoms with Crippen LogP contribution in [0.2, 0.25) is 0 Å². The van der Waals surface area contributed by atoms with Crippen molar-refractivity contribution < 1.29 is 18.1 Å². The summed E-state index contributed by atoms with van der Waals surface area (Å²) in [5.41, 5.74) is 4.91. The first kappa shape index (κ1) is 15.2. The lowest BCUT2D eigenvalue weighted by Crippen LogP contribution is -2.45. The molecule has 1 aromatic rings. The van der Waals surface area contributed by atoms with Crippen LogP contribution in [0.1, 0.15) is 0 Å². The average molecular weight is 312 g/mol. The molecule has 1 aliphatic heterocycles. The van der Waals surface area contributed by atoms with Crippen LogP contribution in [0.25, 0.3) is 0 Å². The Morgan fingerprint density at radius 3 is 2.81 bits per heavy atom. The standard InChI is InChI=1S/C11H12N4O5S/c12-6-8-7-14(3-4-20-8)21(18,19)9-1-2-11(15(16)17)10(13)5-9/h1-2,5,8H,3-4,7,13H2. The topological polar surface area (TPSA) is 140 Å². The number of benzene rings is 1. The molecule has 0 aliphatic carbocycles. The third kappa shape index (κ3) is 2.94. The molecule has 0 amide bonds. The number of hydrogen-bond donors (Lipinski definition) is 1. The van der Waals surface area contributed by atoms with Gasteiger partial charge in [0.25, 0.3) is 5.69 Å². The summed E-state index contributed by atoms with van der Waals surface area (Å²) in [6.07, 6.45) is -0.830. The van der Waals surface area contributed by atoms with Crippen LogP contribution in [0.15, 0.2) is 23.1 Å². The Hall–Kier alpha value is -2.22. The summed E-state index contributed by atoms with van der Waals surface area (Å²) in [5, 5.41) is 19.5. The second-order valence-electron chi connectivity index (χ2n) is 4.33. The number of rotatable bonds is 3. The Balaban J connectivity index is 2.34. The van der Waals surface area contributed by atoms with Crippen LogP contribution in [0, 0.1) is 21.4 Å². The quantitative estimate of drug-likeness (QED) is 0.474. The highest BCUT2D eigenvalue weighted by molar-refractivity contribution is 7.89. The summed E-state index contributed by atoms with van der Waals surface area (Å²) < 4.78 is 31.0. The van der Waals surface area contributed by atoms with E-state index < -0.39 is 21.1 Å². The maximum Gasteiger partial charge on any atom is 0.292 e. The Bertz CT molecular complexity index is 712. The van der Waals surface area contributed by atoms with Gasteiger partial charge in [-0.15, -0.1) is 0 Å². The summed E-state index contributed by atoms with van der Waals surface area (Å²) in [5.74, 6) is 0. The third-order valence-corrected chi connectivity index (χ3v) is 4.87. The number of nitro groups is 1. The minimum atomic E-state index is -3.87. The van der Waals surface area contributed by atoms with E-state index in [9.17, 15) is 18.5 Å². The van der Waals surface area contributed by atoms with Crippen LogP contribution < -0.4 is 5.73 Å². The molecule has 0 bridgehead atoms. The van der Waals surface area contributed by atoms with Crippen molar-refractivity contribution in [2.45, 2.75) is 11.0 Å². The SMILES string of the molecule is N#CC1CN(S(=O)(=O)c2ccc([N+](=O)[O-])c(N)c2)CCO1. The first-order valence-electron chi connectivity index (χ1n) is 5.91. The number of nitrogens with zero attached hydrogens (tertiary/aromatic N) is 3. The normalized spacial score (nSPS) is 19.9. The van der Waals surface area contributed by atoms with E-state index >= 15 is 0 Å². The number of sulfonamides is 1. The highest BCUT2D eigenvalue weighted by Gasteiger charge is 2.31. The van der Waals surface area contributed by atoms with Gasteiger partial charge in [-0.3, -0.25) is 10.1 Å². The molecule has 112 valence electrons. The van der Waals surface area contributed by atoms with E-state index in [4.69, 9.17) is 15.7 Å². The maximum atomic E-state index is 12.4. The molecule has 2 rings (SSSR count). The Morgan fingerprint density at radius 1 is 1.52 bits per heavy atom. The fraction of sp³-hybridized carbons (Fsp3) is 0.364. The minimum Gasteiger partial charge on any atom is -0.393 e. The molecule has 21 heavy (non-hydrogen) atoms. The number of ether oxygens (including phenoxy) is 1. The zero-order chi connectivity index (χ0) is 15.6. The lowest BCUT2D eigenvalue weighted by atomic mass is 10.3. The minimum absolute atomic E-state index is 0.0876. The monoisotopic (exact) mass is 312 g/mol. The first-order valence-corrected chi connectivity index (χ1v) is 7.35. The molecule has 1 unspecified atom stereocenters. The van der Waals surface area contributed by atoms with Gasteiger partial charge in [-0.2, -0.15) is 9.57 Å². The first-order chi connectivity index (χ1) is 9.86. The lowest BCUT2D eigenvalue weighted by molar-refractivity contribution is -0.383. The summed E-state index contributed by atoms with van der Waals surface area (Å²) in [6.45, 7) is 0.132. The molecular weight excluding hydrogens is 300 g/mol. The molecule has 2 N–H and O–H groups in total. The van der Waals surface area contributed by atoms with Crippen molar-refractivity contribution in [1.29, 1.82) is 5.26 Å². The zero-order valence-corrected chi connectivity index (χ0v) is 11.6. The highest BCUT2D eigenvalue weighted by atomic mass is 32.2. The van der Waals surface area contributed by atoms with Crippen LogP contribution in [0.4, 0.5) is 11.4 Å². The molecule has 0 radical (unpaired) electrons. The number of nitriles is 1. The van der Waals surface area contributed by atoms with Gasteiger partial charge in [-0.05, 0) is 12.1 Å². The molecule has 0 spiro atoms. The smallest absolute Gasteiger partial charge is 0.292 e. The average Bonchev–Trinajstić information content (AvgIpc) is 2.46. The van der Waals surface area contributed by atoms with Crippen LogP contribution in [0.5, 0.6) is 0 Å². The van der Waals surface area contributed by atoms with Crippen LogP contribution >= 0.6 is 0 Å². The van der Waals surface area contributed by atoms with Gasteiger partial charge in [-0.1, -0.05) is 0 Å². The van der Waals surface area contributed by atoms with E-state index in [1.165, 1.54) is 0 Å². The van der Waals surface area contributed by atoms with E-state index in [0.29, 0.717) is 0 Å². The fourth-order valence-electron chi connectivity index (χ4n) is 1.93. The van der Waals surface area contributed by atoms with E-state index in [-0.39, 0.29) is 36.0 Å². The number of nitrogen functional groups attached to an aromatic ring is 1. The number of hydrogen-bond acceptors (Lipinski definition) is 7. The Labute approximate surface area is 120 Å². The molecule has 1 heterocycles. The molecule has 1 atom stereocenters. The van der Waals surface area contributed by atoms with E-state index in [1.807, 2.05) is 6.07 Å². The molecular formula is C11H12N4O5S. The number of anilines is 1. The molecule has 1 aromatic carbocycles. The van der Waals surface area contributed by atoms with E-state index in [2.05, 4.69) is 0 Å². The zero-order valence-electron chi connectivity index (χ0n) is 10.8. The number of nitro benzene ring substituents is 1. The number of morpholine rings is 1. The van der Waals surface area contributed by atoms with Crippen LogP contribution in [-0.2, 0) is 14.8 Å². The number of nitrogens with two attached hydrogens (primary N) is 1. The Morgan fingerprint density at radius 2 is 2.24 bits per heavy atom. The van der Waals surface area contributed by atoms with Gasteiger partial charge in [0.15, 0.2) is 6.10 Å². The summed E-state index contributed by atoms with van der Waals surface area (Å²) in [6, 6.07) is 5.07. The molecule has 1 fully saturated rings. The maximum absolute atomic E-state index is 12.4. The van der Waals surface area contributed by atoms with Crippen molar-refractivity contribution in [3.8, 4) is 6.07 Å². The van der Waals surface area contributed by atoms with Crippen molar-refractivity contribution in [1.82, 2.24) is 4.31 Å². The van der Waals surface area contributed by atoms with E-state index in [0.717, 1.165) is 22.5 Å². The Kier molecular flexibility index (Phi) is 4.08. The van der Waals surface area contributed by atoms with Crippen LogP contribution in [0.3, 0.4) is 0 Å². The van der Waals surface area contributed by atoms with Gasteiger partial charge in [0.05, 0.1) is 29.0 Å². The van der Waals surface area contributed by atoms with E-state index in [1.54, 1.807) is 0 Å². The van der Waals surface area contributed by atoms with Gasteiger partial charge in [0.2, 0.25) is 10.0 Å². The fourth-order valence-corrected chi connectivity index (χ4v) is 3.39. The van der Waals surface area contributed by atoms with Crippen molar-refractivity contribution in [3.63, 3.8) is 0 Å². The lowest BCUT2D eigenvalue weighted by Gasteiger charge is -2.28. The van der Waals surface area contributed by atoms with Crippen molar-refractivity contribution in [3.05, 3.63) is 28.3 Å². The predicted molar refractivity (Wildman–Crippen MR) is 71.6 cm³/mol. The molecule has 1 saturated heterocycles. The van der Waals surface area contributed by atoms with Gasteiger partial charge in [-0.25, -0.2) is 8.42 Å². The molecule has 1 aliphatic rings. The molecule has 10 heteroatoms. The van der Waals surface area contributed by atoms with Crippen molar-refractivity contribution in [2.75, 3.05) is 25.4 Å². The second kappa shape index (κ2) is 5.65. The van der Waals surface area contributed by atoms with Crippen molar-refractivity contribution >= 4 is 21.4 Å². The predicted octanol–water partition coefficient (Wildman–Crippen LogP) is 0.0901. The molecule has 0 aromatic heterocycles. The molecule has 0 saturated carbocycles. The second-order valence-corrected chi connectivity index (χ2v) is 6.27.